The van der Waals surface area contributed by atoms with Crippen molar-refractivity contribution in [2.45, 2.75) is 39.3 Å². The van der Waals surface area contributed by atoms with Crippen LogP contribution in [0.2, 0.25) is 0 Å². The first-order valence-electron chi connectivity index (χ1n) is 6.87. The Morgan fingerprint density at radius 3 is 2.56 bits per heavy atom. The van der Waals surface area contributed by atoms with Crippen LogP contribution in [0.1, 0.15) is 27.7 Å². The van der Waals surface area contributed by atoms with Crippen molar-refractivity contribution in [2.24, 2.45) is 0 Å². The second-order valence-corrected chi connectivity index (χ2v) is 5.38. The van der Waals surface area contributed by atoms with Gasteiger partial charge in [0.15, 0.2) is 0 Å². The van der Waals surface area contributed by atoms with Crippen molar-refractivity contribution in [1.29, 1.82) is 0 Å². The SMILES string of the molecule is CCNC(C)(CN1CCN(CC)C(C)C1)C(=O)O. The molecule has 0 aromatic heterocycles. The van der Waals surface area contributed by atoms with Crippen LogP contribution in [-0.4, -0.2) is 71.7 Å². The highest BCUT2D eigenvalue weighted by Crippen LogP contribution is 2.13. The Hall–Kier alpha value is -0.650. The maximum absolute atomic E-state index is 11.4. The lowest BCUT2D eigenvalue weighted by molar-refractivity contribution is -0.145. The number of hydrogen-bond acceptors (Lipinski definition) is 4. The highest BCUT2D eigenvalue weighted by molar-refractivity contribution is 5.78. The summed E-state index contributed by atoms with van der Waals surface area (Å²) in [5.41, 5.74) is -0.844. The number of carbonyl (C=O) groups is 1. The first-order chi connectivity index (χ1) is 8.42. The van der Waals surface area contributed by atoms with Crippen molar-refractivity contribution in [2.75, 3.05) is 39.3 Å². The number of piperazine rings is 1. The maximum Gasteiger partial charge on any atom is 0.324 e. The molecule has 0 aliphatic carbocycles. The van der Waals surface area contributed by atoms with Gasteiger partial charge in [-0.15, -0.1) is 0 Å². The summed E-state index contributed by atoms with van der Waals surface area (Å²) in [7, 11) is 0. The molecule has 5 nitrogen and oxygen atoms in total. The van der Waals surface area contributed by atoms with Gasteiger partial charge in [-0.3, -0.25) is 14.6 Å². The summed E-state index contributed by atoms with van der Waals surface area (Å²) in [4.78, 5) is 16.1. The average molecular weight is 257 g/mol. The van der Waals surface area contributed by atoms with Gasteiger partial charge in [-0.2, -0.15) is 0 Å². The number of nitrogens with zero attached hydrogens (tertiary/aromatic N) is 2. The zero-order chi connectivity index (χ0) is 13.8. The minimum atomic E-state index is -0.844. The second-order valence-electron chi connectivity index (χ2n) is 5.38. The highest BCUT2D eigenvalue weighted by atomic mass is 16.4. The lowest BCUT2D eigenvalue weighted by Gasteiger charge is -2.42. The molecule has 18 heavy (non-hydrogen) atoms. The number of likely N-dealkylation sites (N-methyl/N-ethyl adjacent to an activating group) is 2. The summed E-state index contributed by atoms with van der Waals surface area (Å²) in [5.74, 6) is -0.769. The lowest BCUT2D eigenvalue weighted by Crippen LogP contribution is -2.61. The average Bonchev–Trinajstić information content (AvgIpc) is 2.29. The molecule has 2 atom stereocenters. The van der Waals surface area contributed by atoms with Gasteiger partial charge in [0.2, 0.25) is 0 Å². The topological polar surface area (TPSA) is 55.8 Å². The molecular weight excluding hydrogens is 230 g/mol. The zero-order valence-corrected chi connectivity index (χ0v) is 12.1. The minimum Gasteiger partial charge on any atom is -0.480 e. The second kappa shape index (κ2) is 6.50. The monoisotopic (exact) mass is 257 g/mol. The van der Waals surface area contributed by atoms with Crippen LogP contribution < -0.4 is 5.32 Å². The molecule has 106 valence electrons. The Bertz CT molecular complexity index is 285. The molecule has 1 aliphatic rings. The first-order valence-corrected chi connectivity index (χ1v) is 6.87. The number of rotatable bonds is 6. The zero-order valence-electron chi connectivity index (χ0n) is 12.1. The highest BCUT2D eigenvalue weighted by Gasteiger charge is 2.35. The normalized spacial score (nSPS) is 25.9. The van der Waals surface area contributed by atoms with Gasteiger partial charge < -0.3 is 10.4 Å². The lowest BCUT2D eigenvalue weighted by atomic mass is 10.0. The van der Waals surface area contributed by atoms with E-state index in [9.17, 15) is 9.90 Å². The van der Waals surface area contributed by atoms with E-state index in [0.717, 1.165) is 26.2 Å². The molecule has 5 heteroatoms. The summed E-state index contributed by atoms with van der Waals surface area (Å²) in [5, 5.41) is 12.4. The summed E-state index contributed by atoms with van der Waals surface area (Å²) >= 11 is 0. The summed E-state index contributed by atoms with van der Waals surface area (Å²) in [6, 6.07) is 0.503. The van der Waals surface area contributed by atoms with E-state index in [2.05, 4.69) is 29.0 Å². The molecule has 1 saturated heterocycles. The third-order valence-electron chi connectivity index (χ3n) is 3.83. The number of nitrogens with one attached hydrogen (secondary N) is 1. The van der Waals surface area contributed by atoms with E-state index in [1.165, 1.54) is 0 Å². The molecule has 2 unspecified atom stereocenters. The van der Waals surface area contributed by atoms with Crippen molar-refractivity contribution >= 4 is 5.97 Å². The maximum atomic E-state index is 11.4. The molecule has 0 radical (unpaired) electrons. The molecule has 0 bridgehead atoms. The van der Waals surface area contributed by atoms with Crippen LogP contribution in [0.3, 0.4) is 0 Å². The Kier molecular flexibility index (Phi) is 5.56. The van der Waals surface area contributed by atoms with E-state index >= 15 is 0 Å². The third-order valence-corrected chi connectivity index (χ3v) is 3.83. The first kappa shape index (κ1) is 15.4. The fourth-order valence-electron chi connectivity index (χ4n) is 2.72. The van der Waals surface area contributed by atoms with E-state index in [1.54, 1.807) is 6.92 Å². The van der Waals surface area contributed by atoms with Crippen LogP contribution in [0.25, 0.3) is 0 Å². The summed E-state index contributed by atoms with van der Waals surface area (Å²) < 4.78 is 0. The summed E-state index contributed by atoms with van der Waals surface area (Å²) in [6.45, 7) is 13.3. The van der Waals surface area contributed by atoms with Crippen molar-refractivity contribution in [1.82, 2.24) is 15.1 Å². The molecule has 0 aromatic rings. The van der Waals surface area contributed by atoms with Gasteiger partial charge in [0, 0.05) is 32.2 Å². The van der Waals surface area contributed by atoms with Crippen molar-refractivity contribution < 1.29 is 9.90 Å². The summed E-state index contributed by atoms with van der Waals surface area (Å²) in [6.07, 6.45) is 0. The van der Waals surface area contributed by atoms with E-state index in [0.29, 0.717) is 19.1 Å². The Balaban J connectivity index is 2.59. The van der Waals surface area contributed by atoms with Gasteiger partial charge in [-0.1, -0.05) is 13.8 Å². The van der Waals surface area contributed by atoms with Crippen LogP contribution in [0, 0.1) is 0 Å². The molecule has 1 aliphatic heterocycles. The molecule has 1 heterocycles. The van der Waals surface area contributed by atoms with Gasteiger partial charge >= 0.3 is 5.97 Å². The molecule has 1 fully saturated rings. The number of carboxylic acids is 1. The molecule has 0 aromatic carbocycles. The van der Waals surface area contributed by atoms with Gasteiger partial charge in [0.1, 0.15) is 5.54 Å². The van der Waals surface area contributed by atoms with Crippen LogP contribution in [-0.2, 0) is 4.79 Å². The predicted molar refractivity (Wildman–Crippen MR) is 72.9 cm³/mol. The fraction of sp³-hybridized carbons (Fsp3) is 0.923. The standard InChI is InChI=1S/C13H27N3O2/c1-5-14-13(4,12(17)18)10-15-7-8-16(6-2)11(3)9-15/h11,14H,5-10H2,1-4H3,(H,17,18). The smallest absolute Gasteiger partial charge is 0.324 e. The van der Waals surface area contributed by atoms with E-state index in [-0.39, 0.29) is 0 Å². The van der Waals surface area contributed by atoms with Gasteiger partial charge in [0.05, 0.1) is 0 Å². The molecule has 0 amide bonds. The van der Waals surface area contributed by atoms with Crippen molar-refractivity contribution in [3.05, 3.63) is 0 Å². The number of aliphatic carboxylic acids is 1. The number of carboxylic acid groups (broad SMARTS) is 1. The van der Waals surface area contributed by atoms with Crippen LogP contribution >= 0.6 is 0 Å². The van der Waals surface area contributed by atoms with Crippen molar-refractivity contribution in [3.63, 3.8) is 0 Å². The van der Waals surface area contributed by atoms with Crippen LogP contribution in [0.5, 0.6) is 0 Å². The number of hydrogen-bond donors (Lipinski definition) is 2. The van der Waals surface area contributed by atoms with E-state index in [4.69, 9.17) is 0 Å². The van der Waals surface area contributed by atoms with Gasteiger partial charge in [0.25, 0.3) is 0 Å². The molecule has 2 N–H and O–H groups in total. The molecular formula is C13H27N3O2. The third kappa shape index (κ3) is 3.67. The molecule has 0 saturated carbocycles. The van der Waals surface area contributed by atoms with Crippen molar-refractivity contribution in [3.8, 4) is 0 Å². The Morgan fingerprint density at radius 1 is 1.44 bits per heavy atom. The fourth-order valence-corrected chi connectivity index (χ4v) is 2.72. The quantitative estimate of drug-likeness (QED) is 0.724. The molecule has 0 spiro atoms. The van der Waals surface area contributed by atoms with Gasteiger partial charge in [-0.25, -0.2) is 0 Å². The Morgan fingerprint density at radius 2 is 2.11 bits per heavy atom. The largest absolute Gasteiger partial charge is 0.480 e. The molecule has 1 rings (SSSR count). The van der Waals surface area contributed by atoms with Crippen LogP contribution in [0.15, 0.2) is 0 Å². The van der Waals surface area contributed by atoms with Crippen LogP contribution in [0.4, 0.5) is 0 Å². The predicted octanol–water partition coefficient (Wildman–Crippen LogP) is 0.465. The Labute approximate surface area is 110 Å². The van der Waals surface area contributed by atoms with Gasteiger partial charge in [-0.05, 0) is 26.9 Å². The minimum absolute atomic E-state index is 0.503. The van der Waals surface area contributed by atoms with E-state index < -0.39 is 11.5 Å². The van der Waals surface area contributed by atoms with E-state index in [1.807, 2.05) is 6.92 Å².